The molecule has 3 nitrogen and oxygen atoms in total. The Morgan fingerprint density at radius 1 is 0.482 bits per heavy atom. The molecule has 2 aliphatic carbocycles. The third-order valence-electron chi connectivity index (χ3n) is 12.5. The van der Waals surface area contributed by atoms with Gasteiger partial charge in [-0.2, -0.15) is 0 Å². The highest BCUT2D eigenvalue weighted by Gasteiger charge is 2.45. The van der Waals surface area contributed by atoms with Crippen molar-refractivity contribution in [3.63, 3.8) is 0 Å². The number of fused-ring (bicyclic) bond motifs is 11. The van der Waals surface area contributed by atoms with Crippen molar-refractivity contribution in [2.75, 3.05) is 0 Å². The monoisotopic (exact) mass is 736 g/mol. The maximum Gasteiger partial charge on any atom is 0.160 e. The Balaban J connectivity index is 0.951. The van der Waals surface area contributed by atoms with E-state index in [1.165, 1.54) is 70.2 Å². The first-order valence-corrected chi connectivity index (χ1v) is 20.6. The summed E-state index contributed by atoms with van der Waals surface area (Å²) in [5.74, 6) is 0.719. The second-order valence-corrected chi connectivity index (χ2v) is 16.6. The van der Waals surface area contributed by atoms with E-state index in [2.05, 4.69) is 146 Å². The fourth-order valence-corrected chi connectivity index (χ4v) is 11.1. The summed E-state index contributed by atoms with van der Waals surface area (Å²) in [6.07, 6.45) is 6.36. The van der Waals surface area contributed by atoms with Gasteiger partial charge < -0.3 is 4.42 Å². The van der Waals surface area contributed by atoms with E-state index in [0.717, 1.165) is 65.8 Å². The van der Waals surface area contributed by atoms with Gasteiger partial charge in [0.15, 0.2) is 5.82 Å². The largest absolute Gasteiger partial charge is 0.456 e. The van der Waals surface area contributed by atoms with E-state index in [1.807, 2.05) is 12.1 Å². The average molecular weight is 737 g/mol. The zero-order valence-electron chi connectivity index (χ0n) is 30.8. The van der Waals surface area contributed by atoms with Crippen LogP contribution in [0.1, 0.15) is 43.2 Å². The molecule has 4 heteroatoms. The minimum absolute atomic E-state index is 0.110. The van der Waals surface area contributed by atoms with Gasteiger partial charge in [0, 0.05) is 37.4 Å². The molecule has 7 aromatic carbocycles. The van der Waals surface area contributed by atoms with Crippen molar-refractivity contribution in [2.45, 2.75) is 37.5 Å². The number of thiophene rings is 1. The topological polar surface area (TPSA) is 38.9 Å². The highest BCUT2D eigenvalue weighted by atomic mass is 32.1. The predicted octanol–water partition coefficient (Wildman–Crippen LogP) is 14.6. The lowest BCUT2D eigenvalue weighted by Crippen LogP contribution is -2.28. The van der Waals surface area contributed by atoms with E-state index in [1.54, 1.807) is 16.9 Å². The summed E-state index contributed by atoms with van der Waals surface area (Å²) in [5.41, 5.74) is 16.7. The molecule has 0 atom stereocenters. The second kappa shape index (κ2) is 12.3. The lowest BCUT2D eigenvalue weighted by Gasteiger charge is -2.37. The second-order valence-electron chi connectivity index (χ2n) is 15.6. The summed E-state index contributed by atoms with van der Waals surface area (Å²) in [6, 6.07) is 57.3. The summed E-state index contributed by atoms with van der Waals surface area (Å²) >= 11 is 1.75. The number of aromatic nitrogens is 2. The standard InChI is InChI=1S/C52H36N2OS/c1-8-28-52(29-9-1)43-19-5-2-14-38(43)41-18-11-17-37(47(41)52)33-24-22-32(23-25-33)34-12-10-13-36(30-34)51-53-48(50-49(54-51)42-16-4-7-21-46(42)56-50)35-26-27-40-39-15-3-6-20-44(39)55-45(40)31-35/h2-7,10-27,30-31H,1,8-9,28-29H2. The van der Waals surface area contributed by atoms with E-state index < -0.39 is 0 Å². The summed E-state index contributed by atoms with van der Waals surface area (Å²) in [4.78, 5) is 10.6. The lowest BCUT2D eigenvalue weighted by atomic mass is 9.66. The molecular weight excluding hydrogens is 701 g/mol. The number of nitrogens with zero attached hydrogens (tertiary/aromatic N) is 2. The summed E-state index contributed by atoms with van der Waals surface area (Å²) < 4.78 is 8.62. The summed E-state index contributed by atoms with van der Waals surface area (Å²) in [5, 5.41) is 3.39. The molecule has 12 rings (SSSR count). The first-order valence-electron chi connectivity index (χ1n) is 19.8. The van der Waals surface area contributed by atoms with Gasteiger partial charge in [0.1, 0.15) is 11.2 Å². The van der Waals surface area contributed by atoms with Crippen LogP contribution in [-0.4, -0.2) is 9.97 Å². The van der Waals surface area contributed by atoms with Gasteiger partial charge in [-0.15, -0.1) is 11.3 Å². The van der Waals surface area contributed by atoms with Gasteiger partial charge in [-0.1, -0.05) is 147 Å². The van der Waals surface area contributed by atoms with Gasteiger partial charge in [-0.05, 0) is 87.7 Å². The maximum absolute atomic E-state index is 6.33. The van der Waals surface area contributed by atoms with E-state index in [-0.39, 0.29) is 5.41 Å². The van der Waals surface area contributed by atoms with Crippen LogP contribution >= 0.6 is 11.3 Å². The maximum atomic E-state index is 6.33. The Kier molecular flexibility index (Phi) is 7.03. The van der Waals surface area contributed by atoms with Crippen LogP contribution in [0.15, 0.2) is 162 Å². The first-order chi connectivity index (χ1) is 27.7. The smallest absolute Gasteiger partial charge is 0.160 e. The van der Waals surface area contributed by atoms with E-state index in [9.17, 15) is 0 Å². The van der Waals surface area contributed by atoms with Crippen molar-refractivity contribution in [3.8, 4) is 56.0 Å². The molecule has 1 spiro atoms. The van der Waals surface area contributed by atoms with Crippen LogP contribution in [0, 0.1) is 0 Å². The van der Waals surface area contributed by atoms with Gasteiger partial charge in [-0.25, -0.2) is 9.97 Å². The fraction of sp³-hybridized carbons (Fsp3) is 0.115. The third-order valence-corrected chi connectivity index (χ3v) is 13.7. The number of para-hydroxylation sites is 1. The number of rotatable bonds is 4. The highest BCUT2D eigenvalue weighted by Crippen LogP contribution is 2.58. The van der Waals surface area contributed by atoms with Crippen LogP contribution in [0.4, 0.5) is 0 Å². The van der Waals surface area contributed by atoms with Crippen LogP contribution in [-0.2, 0) is 5.41 Å². The molecule has 56 heavy (non-hydrogen) atoms. The number of furan rings is 1. The lowest BCUT2D eigenvalue weighted by molar-refractivity contribution is 0.353. The molecule has 1 saturated carbocycles. The Labute approximate surface area is 328 Å². The number of benzene rings is 7. The molecular formula is C52H36N2OS. The molecule has 0 bridgehead atoms. The molecule has 1 fully saturated rings. The van der Waals surface area contributed by atoms with Crippen molar-refractivity contribution < 1.29 is 4.42 Å². The average Bonchev–Trinajstić information content (AvgIpc) is 3.92. The zero-order chi connectivity index (χ0) is 36.8. The van der Waals surface area contributed by atoms with Crippen LogP contribution in [0.5, 0.6) is 0 Å². The van der Waals surface area contributed by atoms with Crippen molar-refractivity contribution in [1.29, 1.82) is 0 Å². The van der Waals surface area contributed by atoms with Gasteiger partial charge in [0.05, 0.1) is 15.9 Å². The Bertz CT molecular complexity index is 3180. The first kappa shape index (κ1) is 31.9. The predicted molar refractivity (Wildman–Crippen MR) is 233 cm³/mol. The number of hydrogen-bond donors (Lipinski definition) is 0. The van der Waals surface area contributed by atoms with E-state index in [0.29, 0.717) is 0 Å². The molecule has 0 unspecified atom stereocenters. The van der Waals surface area contributed by atoms with Crippen molar-refractivity contribution in [3.05, 3.63) is 169 Å². The zero-order valence-corrected chi connectivity index (χ0v) is 31.6. The molecule has 0 radical (unpaired) electrons. The Morgan fingerprint density at radius 3 is 2.09 bits per heavy atom. The molecule has 266 valence electrons. The molecule has 0 N–H and O–H groups in total. The molecule has 0 saturated heterocycles. The van der Waals surface area contributed by atoms with Crippen LogP contribution < -0.4 is 0 Å². The highest BCUT2D eigenvalue weighted by molar-refractivity contribution is 7.26. The molecule has 0 aliphatic heterocycles. The number of hydrogen-bond acceptors (Lipinski definition) is 4. The van der Waals surface area contributed by atoms with Crippen molar-refractivity contribution in [2.24, 2.45) is 0 Å². The van der Waals surface area contributed by atoms with Crippen LogP contribution in [0.2, 0.25) is 0 Å². The molecule has 3 heterocycles. The van der Waals surface area contributed by atoms with Crippen molar-refractivity contribution >= 4 is 53.6 Å². The minimum Gasteiger partial charge on any atom is -0.456 e. The van der Waals surface area contributed by atoms with E-state index >= 15 is 0 Å². The van der Waals surface area contributed by atoms with Gasteiger partial charge in [0.25, 0.3) is 0 Å². The van der Waals surface area contributed by atoms with Crippen molar-refractivity contribution in [1.82, 2.24) is 9.97 Å². The third kappa shape index (κ3) is 4.75. The summed E-state index contributed by atoms with van der Waals surface area (Å²) in [6.45, 7) is 0. The molecule has 0 amide bonds. The van der Waals surface area contributed by atoms with Crippen LogP contribution in [0.25, 0.3) is 98.3 Å². The summed E-state index contributed by atoms with van der Waals surface area (Å²) in [7, 11) is 0. The van der Waals surface area contributed by atoms with Gasteiger partial charge >= 0.3 is 0 Å². The normalized spacial score (nSPS) is 14.6. The van der Waals surface area contributed by atoms with Crippen LogP contribution in [0.3, 0.4) is 0 Å². The minimum atomic E-state index is 0.110. The Hall–Kier alpha value is -6.36. The van der Waals surface area contributed by atoms with E-state index in [4.69, 9.17) is 14.4 Å². The Morgan fingerprint density at radius 2 is 1.18 bits per heavy atom. The molecule has 3 aromatic heterocycles. The molecule has 10 aromatic rings. The van der Waals surface area contributed by atoms with Gasteiger partial charge in [-0.3, -0.25) is 0 Å². The fourth-order valence-electron chi connectivity index (χ4n) is 9.95. The quantitative estimate of drug-likeness (QED) is 0.181. The molecule has 2 aliphatic rings. The van der Waals surface area contributed by atoms with Gasteiger partial charge in [0.2, 0.25) is 0 Å². The SMILES string of the molecule is c1cc(-c2ccc(-c3cccc4c3C3(CCCCC3)c3ccccc3-4)cc2)cc(-c2nc(-c3ccc4c(c3)oc3ccccc34)c3sc4ccccc4c3n2)c1.